The molecule has 0 heterocycles. The van der Waals surface area contributed by atoms with Crippen molar-refractivity contribution in [1.29, 1.82) is 0 Å². The second-order valence-electron chi connectivity index (χ2n) is 4.19. The maximum absolute atomic E-state index is 3.96. The van der Waals surface area contributed by atoms with Gasteiger partial charge in [0.15, 0.2) is 0 Å². The summed E-state index contributed by atoms with van der Waals surface area (Å²) in [6, 6.07) is 0. The van der Waals surface area contributed by atoms with Gasteiger partial charge in [-0.25, -0.2) is 0 Å². The first kappa shape index (κ1) is 12.2. The Hall–Kier alpha value is -0.790. The number of hydrogen-bond acceptors (Lipinski definition) is 2. The average molecular weight is 182 g/mol. The third kappa shape index (κ3) is 5.45. The van der Waals surface area contributed by atoms with Crippen LogP contribution in [0, 0.1) is 11.8 Å². The molecule has 0 atom stereocenters. The van der Waals surface area contributed by atoms with E-state index in [9.17, 15) is 0 Å². The van der Waals surface area contributed by atoms with Gasteiger partial charge in [-0.1, -0.05) is 33.3 Å². The number of hydrazone groups is 1. The van der Waals surface area contributed by atoms with E-state index in [0.717, 1.165) is 6.54 Å². The van der Waals surface area contributed by atoms with Gasteiger partial charge in [0.25, 0.3) is 0 Å². The van der Waals surface area contributed by atoms with Crippen LogP contribution in [0.25, 0.3) is 0 Å². The lowest BCUT2D eigenvalue weighted by atomic mass is 10.1. The average Bonchev–Trinajstić information content (AvgIpc) is 2.02. The molecule has 0 aromatic rings. The molecule has 0 radical (unpaired) electrons. The molecule has 0 aliphatic carbocycles. The fraction of sp³-hybridized carbons (Fsp3) is 0.727. The lowest BCUT2D eigenvalue weighted by Crippen LogP contribution is -2.17. The van der Waals surface area contributed by atoms with Crippen LogP contribution < -0.4 is 0 Å². The molecule has 0 N–H and O–H groups in total. The minimum atomic E-state index is 0.580. The van der Waals surface area contributed by atoms with Crippen LogP contribution in [0.3, 0.4) is 0 Å². The first-order valence-electron chi connectivity index (χ1n) is 4.89. The van der Waals surface area contributed by atoms with E-state index in [4.69, 9.17) is 0 Å². The van der Waals surface area contributed by atoms with Crippen LogP contribution in [0.4, 0.5) is 0 Å². The molecule has 0 aromatic carbocycles. The van der Waals surface area contributed by atoms with E-state index in [-0.39, 0.29) is 0 Å². The third-order valence-corrected chi connectivity index (χ3v) is 2.00. The van der Waals surface area contributed by atoms with Gasteiger partial charge in [0.2, 0.25) is 0 Å². The predicted octanol–water partition coefficient (Wildman–Crippen LogP) is 3.12. The van der Waals surface area contributed by atoms with Crippen LogP contribution in [0.2, 0.25) is 0 Å². The van der Waals surface area contributed by atoms with Crippen LogP contribution in [0.5, 0.6) is 0 Å². The molecule has 2 heteroatoms. The zero-order valence-corrected chi connectivity index (χ0v) is 9.54. The summed E-state index contributed by atoms with van der Waals surface area (Å²) in [6.07, 6.45) is 2.08. The molecule has 0 aliphatic heterocycles. The van der Waals surface area contributed by atoms with Crippen molar-refractivity contribution in [1.82, 2.24) is 5.01 Å². The molecule has 76 valence electrons. The zero-order valence-electron chi connectivity index (χ0n) is 9.54. The zero-order chi connectivity index (χ0) is 10.4. The van der Waals surface area contributed by atoms with E-state index in [0.29, 0.717) is 11.8 Å². The molecule has 0 spiro atoms. The Morgan fingerprint density at radius 2 is 1.92 bits per heavy atom. The fourth-order valence-electron chi connectivity index (χ4n) is 0.910. The summed E-state index contributed by atoms with van der Waals surface area (Å²) in [5.41, 5.74) is 1.34. The van der Waals surface area contributed by atoms with Crippen molar-refractivity contribution in [2.75, 3.05) is 6.54 Å². The molecular weight excluding hydrogens is 160 g/mol. The van der Waals surface area contributed by atoms with E-state index in [2.05, 4.69) is 52.6 Å². The van der Waals surface area contributed by atoms with Gasteiger partial charge in [-0.05, 0) is 18.8 Å². The second kappa shape index (κ2) is 5.79. The number of rotatable bonds is 5. The van der Waals surface area contributed by atoms with E-state index >= 15 is 0 Å². The van der Waals surface area contributed by atoms with Gasteiger partial charge < -0.3 is 0 Å². The van der Waals surface area contributed by atoms with E-state index in [1.54, 1.807) is 0 Å². The standard InChI is InChI=1S/C11H22N2/c1-9(2)7-13(12-6)8-11(5)10(3)4/h8-10H,6-7H2,1-5H3/b11-8+. The molecule has 0 rings (SSSR count). The molecule has 13 heavy (non-hydrogen) atoms. The van der Waals surface area contributed by atoms with Gasteiger partial charge in [0.05, 0.1) is 0 Å². The van der Waals surface area contributed by atoms with Gasteiger partial charge in [0.1, 0.15) is 0 Å². The summed E-state index contributed by atoms with van der Waals surface area (Å²) in [5, 5.41) is 5.87. The Labute approximate surface area is 82.3 Å². The van der Waals surface area contributed by atoms with Gasteiger partial charge in [0, 0.05) is 19.5 Å². The summed E-state index contributed by atoms with van der Waals surface area (Å²) >= 11 is 0. The normalized spacial score (nSPS) is 12.4. The quantitative estimate of drug-likeness (QED) is 0.471. The Balaban J connectivity index is 4.26. The van der Waals surface area contributed by atoms with Gasteiger partial charge in [-0.2, -0.15) is 5.10 Å². The van der Waals surface area contributed by atoms with Crippen LogP contribution >= 0.6 is 0 Å². The van der Waals surface area contributed by atoms with Crippen molar-refractivity contribution in [3.63, 3.8) is 0 Å². The predicted molar refractivity (Wildman–Crippen MR) is 59.7 cm³/mol. The van der Waals surface area contributed by atoms with E-state index in [1.165, 1.54) is 5.57 Å². The summed E-state index contributed by atoms with van der Waals surface area (Å²) in [7, 11) is 0. The Morgan fingerprint density at radius 1 is 1.38 bits per heavy atom. The topological polar surface area (TPSA) is 15.6 Å². The Morgan fingerprint density at radius 3 is 2.23 bits per heavy atom. The third-order valence-electron chi connectivity index (χ3n) is 2.00. The second-order valence-corrected chi connectivity index (χ2v) is 4.19. The monoisotopic (exact) mass is 182 g/mol. The SMILES string of the molecule is C=NN(/C=C(\C)C(C)C)CC(C)C. The molecule has 0 aliphatic rings. The van der Waals surface area contributed by atoms with Crippen LogP contribution in [-0.2, 0) is 0 Å². The van der Waals surface area contributed by atoms with Crippen molar-refractivity contribution in [2.45, 2.75) is 34.6 Å². The highest BCUT2D eigenvalue weighted by Gasteiger charge is 2.02. The molecule has 0 bridgehead atoms. The Bertz CT molecular complexity index is 181. The highest BCUT2D eigenvalue weighted by Crippen LogP contribution is 2.10. The summed E-state index contributed by atoms with van der Waals surface area (Å²) < 4.78 is 0. The highest BCUT2D eigenvalue weighted by molar-refractivity contribution is 5.23. The van der Waals surface area contributed by atoms with E-state index < -0.39 is 0 Å². The van der Waals surface area contributed by atoms with Gasteiger partial charge in [-0.3, -0.25) is 5.01 Å². The lowest BCUT2D eigenvalue weighted by molar-refractivity contribution is 0.344. The molecule has 0 saturated heterocycles. The molecule has 2 nitrogen and oxygen atoms in total. The summed E-state index contributed by atoms with van der Waals surface area (Å²) in [5.74, 6) is 1.19. The van der Waals surface area contributed by atoms with Crippen LogP contribution in [0.1, 0.15) is 34.6 Å². The van der Waals surface area contributed by atoms with Crippen molar-refractivity contribution in [3.8, 4) is 0 Å². The lowest BCUT2D eigenvalue weighted by Gasteiger charge is -2.18. The summed E-state index contributed by atoms with van der Waals surface area (Å²) in [6.45, 7) is 15.3. The highest BCUT2D eigenvalue weighted by atomic mass is 15.4. The Kier molecular flexibility index (Phi) is 5.44. The number of nitrogens with zero attached hydrogens (tertiary/aromatic N) is 2. The maximum Gasteiger partial charge on any atom is 0.0431 e. The fourth-order valence-corrected chi connectivity index (χ4v) is 0.910. The first-order chi connectivity index (χ1) is 5.97. The molecule has 0 amide bonds. The number of allylic oxidation sites excluding steroid dienone is 1. The number of hydrogen-bond donors (Lipinski definition) is 0. The van der Waals surface area contributed by atoms with Crippen molar-refractivity contribution >= 4 is 6.72 Å². The largest absolute Gasteiger partial charge is 0.273 e. The van der Waals surface area contributed by atoms with Crippen LogP contribution in [-0.4, -0.2) is 18.3 Å². The molecule has 0 unspecified atom stereocenters. The summed E-state index contributed by atoms with van der Waals surface area (Å²) in [4.78, 5) is 0. The van der Waals surface area contributed by atoms with E-state index in [1.807, 2.05) is 5.01 Å². The maximum atomic E-state index is 3.96. The molecule has 0 aromatic heterocycles. The smallest absolute Gasteiger partial charge is 0.0431 e. The molecule has 0 saturated carbocycles. The first-order valence-corrected chi connectivity index (χ1v) is 4.89. The molecule has 0 fully saturated rings. The van der Waals surface area contributed by atoms with Crippen molar-refractivity contribution in [3.05, 3.63) is 11.8 Å². The minimum Gasteiger partial charge on any atom is -0.273 e. The van der Waals surface area contributed by atoms with Crippen molar-refractivity contribution in [2.24, 2.45) is 16.9 Å². The minimum absolute atomic E-state index is 0.580. The van der Waals surface area contributed by atoms with Crippen LogP contribution in [0.15, 0.2) is 16.9 Å². The molecular formula is C11H22N2. The van der Waals surface area contributed by atoms with Crippen molar-refractivity contribution < 1.29 is 0 Å². The van der Waals surface area contributed by atoms with Gasteiger partial charge in [-0.15, -0.1) is 0 Å². The van der Waals surface area contributed by atoms with Gasteiger partial charge >= 0.3 is 0 Å².